The Labute approximate surface area is 198 Å². The molecule has 8 nitrogen and oxygen atoms in total. The van der Waals surface area contributed by atoms with E-state index in [1.165, 1.54) is 37.7 Å². The molecule has 0 bridgehead atoms. The number of thiophene rings is 1. The first kappa shape index (κ1) is 25.2. The Morgan fingerprint density at radius 2 is 1.91 bits per heavy atom. The van der Waals surface area contributed by atoms with Crippen molar-refractivity contribution >= 4 is 38.1 Å². The van der Waals surface area contributed by atoms with Gasteiger partial charge in [0.25, 0.3) is 0 Å². The van der Waals surface area contributed by atoms with Crippen molar-refractivity contribution in [2.45, 2.75) is 44.0 Å². The van der Waals surface area contributed by atoms with Crippen LogP contribution in [0.1, 0.15) is 47.0 Å². The number of nitrogens with zero attached hydrogens (tertiary/aromatic N) is 1. The average molecular weight is 495 g/mol. The van der Waals surface area contributed by atoms with Crippen molar-refractivity contribution in [1.29, 1.82) is 0 Å². The first-order valence-electron chi connectivity index (χ1n) is 10.9. The number of rotatable bonds is 10. The molecule has 0 spiro atoms. The van der Waals surface area contributed by atoms with E-state index in [2.05, 4.69) is 17.1 Å². The number of nitrogens with one attached hydrogen (secondary N) is 1. The van der Waals surface area contributed by atoms with Gasteiger partial charge in [-0.25, -0.2) is 13.2 Å². The van der Waals surface area contributed by atoms with Gasteiger partial charge in [-0.05, 0) is 55.6 Å². The minimum Gasteiger partial charge on any atom is -0.497 e. The summed E-state index contributed by atoms with van der Waals surface area (Å²) in [7, 11) is -0.665. The Morgan fingerprint density at radius 3 is 2.55 bits per heavy atom. The summed E-state index contributed by atoms with van der Waals surface area (Å²) >= 11 is 1.40. The van der Waals surface area contributed by atoms with Crippen molar-refractivity contribution in [3.05, 3.63) is 40.3 Å². The van der Waals surface area contributed by atoms with Crippen molar-refractivity contribution in [2.75, 3.05) is 38.4 Å². The lowest BCUT2D eigenvalue weighted by Crippen LogP contribution is -2.30. The van der Waals surface area contributed by atoms with Gasteiger partial charge in [-0.3, -0.25) is 9.69 Å². The molecule has 0 saturated heterocycles. The quantitative estimate of drug-likeness (QED) is 0.504. The van der Waals surface area contributed by atoms with Crippen LogP contribution in [-0.4, -0.2) is 58.3 Å². The average Bonchev–Trinajstić information content (AvgIpc) is 3.15. The van der Waals surface area contributed by atoms with Crippen LogP contribution in [0.2, 0.25) is 0 Å². The third-order valence-electron chi connectivity index (χ3n) is 5.55. The van der Waals surface area contributed by atoms with Gasteiger partial charge in [0.2, 0.25) is 5.91 Å². The van der Waals surface area contributed by atoms with Crippen LogP contribution in [0.5, 0.6) is 5.75 Å². The van der Waals surface area contributed by atoms with Gasteiger partial charge in [-0.15, -0.1) is 11.3 Å². The van der Waals surface area contributed by atoms with E-state index in [-0.39, 0.29) is 29.4 Å². The summed E-state index contributed by atoms with van der Waals surface area (Å²) in [5.41, 5.74) is 1.37. The molecule has 0 unspecified atom stereocenters. The summed E-state index contributed by atoms with van der Waals surface area (Å²) < 4.78 is 35.1. The predicted molar refractivity (Wildman–Crippen MR) is 128 cm³/mol. The van der Waals surface area contributed by atoms with E-state index < -0.39 is 15.8 Å². The topological polar surface area (TPSA) is 102 Å². The van der Waals surface area contributed by atoms with Crippen LogP contribution >= 0.6 is 11.3 Å². The van der Waals surface area contributed by atoms with Gasteiger partial charge in [0, 0.05) is 24.4 Å². The molecule has 1 N–H and O–H groups in total. The molecule has 0 aliphatic carbocycles. The van der Waals surface area contributed by atoms with E-state index in [0.29, 0.717) is 16.3 Å². The number of benzene rings is 1. The summed E-state index contributed by atoms with van der Waals surface area (Å²) in [6, 6.07) is 6.17. The first-order chi connectivity index (χ1) is 15.8. The Kier molecular flexibility index (Phi) is 8.50. The van der Waals surface area contributed by atoms with Crippen LogP contribution in [0.3, 0.4) is 0 Å². The Balaban J connectivity index is 1.64. The Bertz CT molecular complexity index is 1090. The van der Waals surface area contributed by atoms with Gasteiger partial charge in [0.1, 0.15) is 10.8 Å². The highest BCUT2D eigenvalue weighted by molar-refractivity contribution is 7.91. The van der Waals surface area contributed by atoms with Crippen molar-refractivity contribution in [3.8, 4) is 5.75 Å². The summed E-state index contributed by atoms with van der Waals surface area (Å²) in [5, 5.41) is 3.30. The van der Waals surface area contributed by atoms with E-state index in [9.17, 15) is 18.0 Å². The highest BCUT2D eigenvalue weighted by Gasteiger charge is 2.29. The zero-order chi connectivity index (χ0) is 24.0. The molecule has 1 aromatic carbocycles. The molecule has 0 fully saturated rings. The third-order valence-corrected chi connectivity index (χ3v) is 8.50. The predicted octanol–water partition coefficient (Wildman–Crippen LogP) is 3.50. The maximum absolute atomic E-state index is 12.6. The Hall–Kier alpha value is -2.43. The molecular weight excluding hydrogens is 464 g/mol. The second-order valence-corrected chi connectivity index (χ2v) is 11.1. The van der Waals surface area contributed by atoms with E-state index in [4.69, 9.17) is 9.47 Å². The lowest BCUT2D eigenvalue weighted by Gasteiger charge is -2.26. The van der Waals surface area contributed by atoms with E-state index in [1.807, 2.05) is 0 Å². The maximum atomic E-state index is 12.6. The highest BCUT2D eigenvalue weighted by atomic mass is 32.2. The van der Waals surface area contributed by atoms with Gasteiger partial charge < -0.3 is 14.8 Å². The SMILES string of the molecule is CCCN1CCc2c(sc(NC(=O)CCCS(=O)(=O)c3ccc(OC)cc3)c2C(=O)OC)C1. The summed E-state index contributed by atoms with van der Waals surface area (Å²) in [6.07, 6.45) is 1.98. The fraction of sp³-hybridized carbons (Fsp3) is 0.478. The Morgan fingerprint density at radius 1 is 1.18 bits per heavy atom. The highest BCUT2D eigenvalue weighted by Crippen LogP contribution is 2.37. The molecular formula is C23H30N2O6S2. The molecule has 33 heavy (non-hydrogen) atoms. The van der Waals surface area contributed by atoms with Gasteiger partial charge in [0.15, 0.2) is 9.84 Å². The smallest absolute Gasteiger partial charge is 0.341 e. The van der Waals surface area contributed by atoms with Gasteiger partial charge in [0.05, 0.1) is 30.4 Å². The molecule has 1 aliphatic heterocycles. The maximum Gasteiger partial charge on any atom is 0.341 e. The van der Waals surface area contributed by atoms with Crippen LogP contribution in [0.15, 0.2) is 29.2 Å². The number of carbonyl (C=O) groups is 2. The lowest BCUT2D eigenvalue weighted by atomic mass is 10.0. The molecule has 1 aromatic heterocycles. The second-order valence-electron chi connectivity index (χ2n) is 7.87. The molecule has 0 radical (unpaired) electrons. The van der Waals surface area contributed by atoms with Crippen LogP contribution in [0.25, 0.3) is 0 Å². The number of ether oxygens (including phenoxy) is 2. The summed E-state index contributed by atoms with van der Waals surface area (Å²) in [5.74, 6) is -0.363. The zero-order valence-corrected chi connectivity index (χ0v) is 20.8. The number of sulfone groups is 1. The molecule has 180 valence electrons. The minimum atomic E-state index is -3.51. The van der Waals surface area contributed by atoms with Crippen molar-refractivity contribution in [1.82, 2.24) is 4.90 Å². The monoisotopic (exact) mass is 494 g/mol. The van der Waals surface area contributed by atoms with E-state index >= 15 is 0 Å². The molecule has 2 heterocycles. The summed E-state index contributed by atoms with van der Waals surface area (Å²) in [6.45, 7) is 4.71. The number of anilines is 1. The van der Waals surface area contributed by atoms with Gasteiger partial charge in [-0.1, -0.05) is 6.92 Å². The lowest BCUT2D eigenvalue weighted by molar-refractivity contribution is -0.116. The number of fused-ring (bicyclic) bond motifs is 1. The van der Waals surface area contributed by atoms with E-state index in [0.717, 1.165) is 42.9 Å². The van der Waals surface area contributed by atoms with Crippen LogP contribution < -0.4 is 10.1 Å². The van der Waals surface area contributed by atoms with Crippen molar-refractivity contribution in [2.24, 2.45) is 0 Å². The van der Waals surface area contributed by atoms with Crippen LogP contribution in [-0.2, 0) is 32.3 Å². The number of hydrogen-bond acceptors (Lipinski definition) is 8. The van der Waals surface area contributed by atoms with Crippen molar-refractivity contribution < 1.29 is 27.5 Å². The molecule has 3 rings (SSSR count). The number of amides is 1. The summed E-state index contributed by atoms with van der Waals surface area (Å²) in [4.78, 5) is 28.6. The van der Waals surface area contributed by atoms with Gasteiger partial charge >= 0.3 is 5.97 Å². The van der Waals surface area contributed by atoms with Gasteiger partial charge in [-0.2, -0.15) is 0 Å². The van der Waals surface area contributed by atoms with Crippen LogP contribution in [0, 0.1) is 0 Å². The molecule has 1 aliphatic rings. The third kappa shape index (κ3) is 6.13. The number of methoxy groups -OCH3 is 2. The molecule has 0 atom stereocenters. The largest absolute Gasteiger partial charge is 0.497 e. The standard InChI is InChI=1S/C23H30N2O6S2/c1-4-12-25-13-11-18-19(15-25)32-22(21(18)23(27)31-3)24-20(26)6-5-14-33(28,29)17-9-7-16(30-2)8-10-17/h7-10H,4-6,11-15H2,1-3H3,(H,24,26). The fourth-order valence-corrected chi connectivity index (χ4v) is 6.49. The fourth-order valence-electron chi connectivity index (χ4n) is 3.88. The molecule has 2 aromatic rings. The number of carbonyl (C=O) groups excluding carboxylic acids is 2. The zero-order valence-electron chi connectivity index (χ0n) is 19.2. The van der Waals surface area contributed by atoms with E-state index in [1.54, 1.807) is 12.1 Å². The number of hydrogen-bond donors (Lipinski definition) is 1. The van der Waals surface area contributed by atoms with Crippen molar-refractivity contribution in [3.63, 3.8) is 0 Å². The normalized spacial score (nSPS) is 13.9. The molecule has 1 amide bonds. The number of esters is 1. The second kappa shape index (κ2) is 11.1. The first-order valence-corrected chi connectivity index (χ1v) is 13.4. The van der Waals surface area contributed by atoms with Crippen LogP contribution in [0.4, 0.5) is 5.00 Å². The molecule has 10 heteroatoms. The minimum absolute atomic E-state index is 0.0283. The molecule has 0 saturated carbocycles.